The van der Waals surface area contributed by atoms with Gasteiger partial charge in [0.15, 0.2) is 22.5 Å². The number of rotatable bonds is 9. The Morgan fingerprint density at radius 2 is 1.97 bits per heavy atom. The van der Waals surface area contributed by atoms with Crippen molar-refractivity contribution in [1.29, 1.82) is 0 Å². The van der Waals surface area contributed by atoms with E-state index in [9.17, 15) is 4.79 Å². The number of ether oxygens (including phenoxy) is 2. The maximum Gasteiger partial charge on any atom is 0.234 e. The molecule has 0 radical (unpaired) electrons. The predicted molar refractivity (Wildman–Crippen MR) is 119 cm³/mol. The highest BCUT2D eigenvalue weighted by Crippen LogP contribution is 2.27. The third kappa shape index (κ3) is 5.46. The maximum atomic E-state index is 12.3. The van der Waals surface area contributed by atoms with E-state index in [0.29, 0.717) is 34.0 Å². The summed E-state index contributed by atoms with van der Waals surface area (Å²) in [4.78, 5) is 12.3. The van der Waals surface area contributed by atoms with Gasteiger partial charge in [-0.3, -0.25) is 4.79 Å². The quantitative estimate of drug-likeness (QED) is 0.485. The smallest absolute Gasteiger partial charge is 0.234 e. The first-order chi connectivity index (χ1) is 14.5. The summed E-state index contributed by atoms with van der Waals surface area (Å²) in [5.41, 5.74) is 1.65. The number of amides is 1. The molecule has 1 amide bonds. The van der Waals surface area contributed by atoms with E-state index in [0.717, 1.165) is 11.3 Å². The molecule has 0 aliphatic heterocycles. The van der Waals surface area contributed by atoms with E-state index in [2.05, 4.69) is 15.5 Å². The van der Waals surface area contributed by atoms with Gasteiger partial charge in [-0.1, -0.05) is 35.5 Å². The first kappa shape index (κ1) is 22.0. The summed E-state index contributed by atoms with van der Waals surface area (Å²) in [6, 6.07) is 12.8. The van der Waals surface area contributed by atoms with Gasteiger partial charge in [0.25, 0.3) is 0 Å². The topological polar surface area (TPSA) is 78.3 Å². The number of nitrogens with one attached hydrogen (secondary N) is 1. The van der Waals surface area contributed by atoms with Crippen LogP contribution in [0.3, 0.4) is 0 Å². The molecule has 1 aromatic heterocycles. The molecule has 2 aromatic carbocycles. The van der Waals surface area contributed by atoms with E-state index >= 15 is 0 Å². The normalized spacial score (nSPS) is 10.7. The van der Waals surface area contributed by atoms with Crippen molar-refractivity contribution in [3.63, 3.8) is 0 Å². The van der Waals surface area contributed by atoms with Crippen LogP contribution in [0.2, 0.25) is 5.02 Å². The summed E-state index contributed by atoms with van der Waals surface area (Å²) in [6.45, 7) is 4.81. The van der Waals surface area contributed by atoms with Crippen LogP contribution in [0.4, 0.5) is 5.69 Å². The van der Waals surface area contributed by atoms with E-state index in [1.807, 2.05) is 48.7 Å². The van der Waals surface area contributed by atoms with Crippen LogP contribution >= 0.6 is 23.4 Å². The minimum atomic E-state index is -0.122. The molecule has 0 atom stereocenters. The third-order valence-electron chi connectivity index (χ3n) is 4.33. The van der Waals surface area contributed by atoms with Gasteiger partial charge < -0.3 is 19.4 Å². The molecule has 0 saturated heterocycles. The summed E-state index contributed by atoms with van der Waals surface area (Å²) >= 11 is 7.29. The number of hydrogen-bond acceptors (Lipinski definition) is 6. The second-order valence-corrected chi connectivity index (χ2v) is 7.76. The third-order valence-corrected chi connectivity index (χ3v) is 5.53. The lowest BCUT2D eigenvalue weighted by Gasteiger charge is -2.11. The minimum Gasteiger partial charge on any atom is -0.493 e. The maximum absolute atomic E-state index is 12.3. The number of benzene rings is 2. The Bertz CT molecular complexity index is 1030. The molecule has 0 bridgehead atoms. The molecule has 7 nitrogen and oxygen atoms in total. The van der Waals surface area contributed by atoms with Gasteiger partial charge in [0.1, 0.15) is 6.61 Å². The van der Waals surface area contributed by atoms with Crippen LogP contribution in [0.25, 0.3) is 0 Å². The SMILES string of the molecule is CCn1c(COc2ccccc2OC)nnc1SCC(=O)Nc1ccc(Cl)cc1C. The van der Waals surface area contributed by atoms with Gasteiger partial charge in [-0.05, 0) is 49.7 Å². The molecule has 0 aliphatic rings. The number of thioether (sulfide) groups is 1. The lowest BCUT2D eigenvalue weighted by molar-refractivity contribution is -0.113. The first-order valence-electron chi connectivity index (χ1n) is 9.38. The van der Waals surface area contributed by atoms with Crippen LogP contribution < -0.4 is 14.8 Å². The summed E-state index contributed by atoms with van der Waals surface area (Å²) in [5.74, 6) is 2.07. The molecule has 0 spiro atoms. The molecule has 158 valence electrons. The zero-order valence-electron chi connectivity index (χ0n) is 17.0. The molecule has 9 heteroatoms. The number of nitrogens with zero attached hydrogens (tertiary/aromatic N) is 3. The van der Waals surface area contributed by atoms with Crippen LogP contribution in [0.1, 0.15) is 18.3 Å². The average Bonchev–Trinajstić information content (AvgIpc) is 3.14. The summed E-state index contributed by atoms with van der Waals surface area (Å²) in [7, 11) is 1.60. The number of aromatic nitrogens is 3. The van der Waals surface area contributed by atoms with Crippen LogP contribution in [0.15, 0.2) is 47.6 Å². The van der Waals surface area contributed by atoms with Crippen molar-refractivity contribution in [1.82, 2.24) is 14.8 Å². The summed E-state index contributed by atoms with van der Waals surface area (Å²) in [6.07, 6.45) is 0. The lowest BCUT2D eigenvalue weighted by atomic mass is 10.2. The number of para-hydroxylation sites is 2. The highest BCUT2D eigenvalue weighted by atomic mass is 35.5. The fourth-order valence-corrected chi connectivity index (χ4v) is 3.86. The Balaban J connectivity index is 1.60. The number of hydrogen-bond donors (Lipinski definition) is 1. The van der Waals surface area contributed by atoms with Gasteiger partial charge in [0.05, 0.1) is 12.9 Å². The average molecular weight is 447 g/mol. The van der Waals surface area contributed by atoms with E-state index in [1.54, 1.807) is 19.2 Å². The first-order valence-corrected chi connectivity index (χ1v) is 10.7. The highest BCUT2D eigenvalue weighted by Gasteiger charge is 2.15. The Kier molecular flexibility index (Phi) is 7.59. The second kappa shape index (κ2) is 10.4. The zero-order valence-corrected chi connectivity index (χ0v) is 18.6. The van der Waals surface area contributed by atoms with Crippen molar-refractivity contribution in [3.8, 4) is 11.5 Å². The lowest BCUT2D eigenvalue weighted by Crippen LogP contribution is -2.15. The van der Waals surface area contributed by atoms with Crippen molar-refractivity contribution in [2.45, 2.75) is 32.2 Å². The van der Waals surface area contributed by atoms with Gasteiger partial charge in [0, 0.05) is 17.3 Å². The van der Waals surface area contributed by atoms with Gasteiger partial charge >= 0.3 is 0 Å². The highest BCUT2D eigenvalue weighted by molar-refractivity contribution is 7.99. The second-order valence-electron chi connectivity index (χ2n) is 6.38. The molecular weight excluding hydrogens is 424 g/mol. The van der Waals surface area contributed by atoms with E-state index < -0.39 is 0 Å². The monoisotopic (exact) mass is 446 g/mol. The van der Waals surface area contributed by atoms with Gasteiger partial charge in [0.2, 0.25) is 5.91 Å². The molecule has 1 heterocycles. The number of carbonyl (C=O) groups excluding carboxylic acids is 1. The van der Waals surface area contributed by atoms with E-state index in [4.69, 9.17) is 21.1 Å². The fourth-order valence-electron chi connectivity index (χ4n) is 2.81. The van der Waals surface area contributed by atoms with Crippen molar-refractivity contribution >= 4 is 35.0 Å². The molecule has 3 aromatic rings. The molecule has 1 N–H and O–H groups in total. The molecular formula is C21H23ClN4O3S. The number of halogens is 1. The van der Waals surface area contributed by atoms with Crippen molar-refractivity contribution in [2.75, 3.05) is 18.2 Å². The standard InChI is InChI=1S/C21H23ClN4O3S/c1-4-26-19(12-29-18-8-6-5-7-17(18)28-3)24-25-21(26)30-13-20(27)23-16-10-9-15(22)11-14(16)2/h5-11H,4,12-13H2,1-3H3,(H,23,27). The summed E-state index contributed by atoms with van der Waals surface area (Å²) < 4.78 is 13.1. The Labute approximate surface area is 184 Å². The van der Waals surface area contributed by atoms with Crippen molar-refractivity contribution < 1.29 is 14.3 Å². The summed E-state index contributed by atoms with van der Waals surface area (Å²) in [5, 5.41) is 12.6. The minimum absolute atomic E-state index is 0.122. The molecule has 3 rings (SSSR count). The molecule has 30 heavy (non-hydrogen) atoms. The Morgan fingerprint density at radius 1 is 1.20 bits per heavy atom. The van der Waals surface area contributed by atoms with Gasteiger partial charge in [-0.15, -0.1) is 10.2 Å². The molecule has 0 saturated carbocycles. The number of methoxy groups -OCH3 is 1. The number of aryl methyl sites for hydroxylation is 1. The van der Waals surface area contributed by atoms with Crippen molar-refractivity contribution in [2.24, 2.45) is 0 Å². The van der Waals surface area contributed by atoms with Crippen LogP contribution in [-0.2, 0) is 17.9 Å². The molecule has 0 fully saturated rings. The van der Waals surface area contributed by atoms with E-state index in [1.165, 1.54) is 11.8 Å². The van der Waals surface area contributed by atoms with E-state index in [-0.39, 0.29) is 18.3 Å². The van der Waals surface area contributed by atoms with Crippen LogP contribution in [0.5, 0.6) is 11.5 Å². The fraction of sp³-hybridized carbons (Fsp3) is 0.286. The van der Waals surface area contributed by atoms with Crippen molar-refractivity contribution in [3.05, 3.63) is 58.9 Å². The molecule has 0 unspecified atom stereocenters. The molecule has 0 aliphatic carbocycles. The van der Waals surface area contributed by atoms with Gasteiger partial charge in [-0.2, -0.15) is 0 Å². The zero-order chi connectivity index (χ0) is 21.5. The number of carbonyl (C=O) groups is 1. The number of anilines is 1. The van der Waals surface area contributed by atoms with Crippen LogP contribution in [-0.4, -0.2) is 33.5 Å². The largest absolute Gasteiger partial charge is 0.493 e. The van der Waals surface area contributed by atoms with Gasteiger partial charge in [-0.25, -0.2) is 0 Å². The van der Waals surface area contributed by atoms with Crippen LogP contribution in [0, 0.1) is 6.92 Å². The Hall–Kier alpha value is -2.71. The predicted octanol–water partition coefficient (Wildman–Crippen LogP) is 4.58. The Morgan fingerprint density at radius 3 is 2.67 bits per heavy atom.